The van der Waals surface area contributed by atoms with Crippen LogP contribution in [0.1, 0.15) is 18.9 Å². The van der Waals surface area contributed by atoms with E-state index in [1.165, 1.54) is 6.07 Å². The van der Waals surface area contributed by atoms with Crippen LogP contribution in [0.3, 0.4) is 0 Å². The number of rotatable bonds is 6. The number of nitrogen functional groups attached to an aromatic ring is 1. The first-order valence-corrected chi connectivity index (χ1v) is 7.59. The lowest BCUT2D eigenvalue weighted by molar-refractivity contribution is 0.319. The molecule has 0 fully saturated rings. The summed E-state index contributed by atoms with van der Waals surface area (Å²) in [6, 6.07) is 10.3. The predicted molar refractivity (Wildman–Crippen MR) is 88.1 cm³/mol. The number of benzene rings is 2. The van der Waals surface area contributed by atoms with E-state index < -0.39 is 0 Å². The Morgan fingerprint density at radius 1 is 1.24 bits per heavy atom. The van der Waals surface area contributed by atoms with Gasteiger partial charge in [-0.25, -0.2) is 4.39 Å². The van der Waals surface area contributed by atoms with E-state index in [-0.39, 0.29) is 5.82 Å². The van der Waals surface area contributed by atoms with E-state index in [1.54, 1.807) is 18.2 Å². The summed E-state index contributed by atoms with van der Waals surface area (Å²) in [6.07, 6.45) is 0.917. The number of halogens is 2. The van der Waals surface area contributed by atoms with E-state index in [0.29, 0.717) is 30.2 Å². The zero-order valence-corrected chi connectivity index (χ0v) is 13.4. The van der Waals surface area contributed by atoms with Crippen LogP contribution in [0.2, 0.25) is 0 Å². The first-order chi connectivity index (χ1) is 10.1. The number of anilines is 2. The van der Waals surface area contributed by atoms with Gasteiger partial charge in [0.25, 0.3) is 0 Å². The molecule has 0 bridgehead atoms. The fourth-order valence-electron chi connectivity index (χ4n) is 1.86. The summed E-state index contributed by atoms with van der Waals surface area (Å²) in [5.74, 6) is 0.417. The van der Waals surface area contributed by atoms with Gasteiger partial charge >= 0.3 is 0 Å². The predicted octanol–water partition coefficient (Wildman–Crippen LogP) is 4.57. The van der Waals surface area contributed by atoms with Crippen molar-refractivity contribution in [3.63, 3.8) is 0 Å². The smallest absolute Gasteiger partial charge is 0.144 e. The Balaban J connectivity index is 2.07. The molecule has 5 heteroatoms. The Kier molecular flexibility index (Phi) is 5.44. The Bertz CT molecular complexity index is 619. The van der Waals surface area contributed by atoms with Crippen LogP contribution >= 0.6 is 15.9 Å². The average Bonchev–Trinajstić information content (AvgIpc) is 2.48. The van der Waals surface area contributed by atoms with Crippen LogP contribution in [0.4, 0.5) is 15.8 Å². The quantitative estimate of drug-likeness (QED) is 0.748. The zero-order chi connectivity index (χ0) is 15.2. The molecule has 0 radical (unpaired) electrons. The molecule has 112 valence electrons. The van der Waals surface area contributed by atoms with Gasteiger partial charge < -0.3 is 15.8 Å². The van der Waals surface area contributed by atoms with Gasteiger partial charge in [0.05, 0.1) is 12.3 Å². The number of nitrogens with two attached hydrogens (primary N) is 1. The van der Waals surface area contributed by atoms with Crippen molar-refractivity contribution < 1.29 is 9.13 Å². The molecule has 0 unspecified atom stereocenters. The Morgan fingerprint density at radius 2 is 2.05 bits per heavy atom. The van der Waals surface area contributed by atoms with Gasteiger partial charge in [-0.15, -0.1) is 0 Å². The van der Waals surface area contributed by atoms with Crippen molar-refractivity contribution in [3.8, 4) is 5.75 Å². The molecule has 3 nitrogen and oxygen atoms in total. The van der Waals surface area contributed by atoms with Gasteiger partial charge in [-0.2, -0.15) is 0 Å². The third kappa shape index (κ3) is 4.36. The van der Waals surface area contributed by atoms with Gasteiger partial charge in [-0.1, -0.05) is 22.9 Å². The topological polar surface area (TPSA) is 47.3 Å². The van der Waals surface area contributed by atoms with E-state index in [1.807, 2.05) is 19.1 Å². The maximum atomic E-state index is 13.7. The molecule has 21 heavy (non-hydrogen) atoms. The van der Waals surface area contributed by atoms with Crippen molar-refractivity contribution in [1.29, 1.82) is 0 Å². The molecule has 0 amide bonds. The van der Waals surface area contributed by atoms with Crippen LogP contribution < -0.4 is 15.8 Å². The van der Waals surface area contributed by atoms with Crippen molar-refractivity contribution in [2.24, 2.45) is 0 Å². The summed E-state index contributed by atoms with van der Waals surface area (Å²) in [5, 5.41) is 3.18. The van der Waals surface area contributed by atoms with Crippen LogP contribution in [-0.4, -0.2) is 6.61 Å². The molecule has 2 aromatic rings. The normalized spacial score (nSPS) is 10.4. The van der Waals surface area contributed by atoms with Gasteiger partial charge in [0.2, 0.25) is 0 Å². The zero-order valence-electron chi connectivity index (χ0n) is 11.8. The average molecular weight is 353 g/mol. The van der Waals surface area contributed by atoms with Gasteiger partial charge in [-0.05, 0) is 36.8 Å². The van der Waals surface area contributed by atoms with E-state index in [4.69, 9.17) is 10.5 Å². The number of hydrogen-bond acceptors (Lipinski definition) is 3. The number of nitrogens with one attached hydrogen (secondary N) is 1. The highest BCUT2D eigenvalue weighted by Gasteiger charge is 2.05. The monoisotopic (exact) mass is 352 g/mol. The molecule has 3 N–H and O–H groups in total. The Morgan fingerprint density at radius 3 is 2.81 bits per heavy atom. The maximum absolute atomic E-state index is 13.7. The van der Waals surface area contributed by atoms with Crippen LogP contribution in [0, 0.1) is 5.82 Å². The number of hydrogen-bond donors (Lipinski definition) is 2. The summed E-state index contributed by atoms with van der Waals surface area (Å²) < 4.78 is 20.1. The van der Waals surface area contributed by atoms with Crippen LogP contribution in [-0.2, 0) is 6.54 Å². The van der Waals surface area contributed by atoms with Crippen molar-refractivity contribution in [3.05, 3.63) is 52.3 Å². The molecule has 2 aromatic carbocycles. The lowest BCUT2D eigenvalue weighted by Gasteiger charge is -2.12. The van der Waals surface area contributed by atoms with E-state index in [2.05, 4.69) is 21.2 Å². The summed E-state index contributed by atoms with van der Waals surface area (Å²) >= 11 is 3.34. The third-order valence-electron chi connectivity index (χ3n) is 2.97. The van der Waals surface area contributed by atoms with Crippen LogP contribution in [0.25, 0.3) is 0 Å². The fourth-order valence-corrected chi connectivity index (χ4v) is 2.27. The minimum absolute atomic E-state index is 0.233. The van der Waals surface area contributed by atoms with Gasteiger partial charge in [-0.3, -0.25) is 0 Å². The second-order valence-corrected chi connectivity index (χ2v) is 5.61. The first kappa shape index (κ1) is 15.6. The third-order valence-corrected chi connectivity index (χ3v) is 3.46. The van der Waals surface area contributed by atoms with Crippen molar-refractivity contribution in [1.82, 2.24) is 0 Å². The lowest BCUT2D eigenvalue weighted by Crippen LogP contribution is -2.04. The molecule has 0 aliphatic carbocycles. The summed E-state index contributed by atoms with van der Waals surface area (Å²) in [6.45, 7) is 3.05. The molecule has 0 atom stereocenters. The molecular formula is C16H18BrFN2O. The van der Waals surface area contributed by atoms with Crippen LogP contribution in [0.5, 0.6) is 5.75 Å². The van der Waals surface area contributed by atoms with Gasteiger partial charge in [0.1, 0.15) is 11.6 Å². The minimum atomic E-state index is -0.233. The highest BCUT2D eigenvalue weighted by atomic mass is 79.9. The molecule has 0 aliphatic rings. The second kappa shape index (κ2) is 7.31. The molecule has 0 aromatic heterocycles. The first-order valence-electron chi connectivity index (χ1n) is 6.80. The van der Waals surface area contributed by atoms with E-state index in [0.717, 1.165) is 16.6 Å². The Hall–Kier alpha value is -1.75. The highest BCUT2D eigenvalue weighted by Crippen LogP contribution is 2.26. The standard InChI is InChI=1S/C16H18BrFN2O/c1-2-7-21-16-9-13(4-6-15(16)19)20-10-11-8-12(17)3-5-14(11)18/h3-6,8-9,20H,2,7,10,19H2,1H3. The maximum Gasteiger partial charge on any atom is 0.144 e. The SMILES string of the molecule is CCCOc1cc(NCc2cc(Br)ccc2F)ccc1N. The number of ether oxygens (including phenoxy) is 1. The fraction of sp³-hybridized carbons (Fsp3) is 0.250. The molecule has 2 rings (SSSR count). The van der Waals surface area contributed by atoms with Gasteiger partial charge in [0.15, 0.2) is 0 Å². The molecule has 0 aliphatic heterocycles. The molecule has 0 spiro atoms. The summed E-state index contributed by atoms with van der Waals surface area (Å²) in [4.78, 5) is 0. The minimum Gasteiger partial charge on any atom is -0.491 e. The van der Waals surface area contributed by atoms with Crippen LogP contribution in [0.15, 0.2) is 40.9 Å². The molecular weight excluding hydrogens is 335 g/mol. The summed E-state index contributed by atoms with van der Waals surface area (Å²) in [5.41, 5.74) is 7.90. The van der Waals surface area contributed by atoms with Gasteiger partial charge in [0, 0.05) is 28.3 Å². The van der Waals surface area contributed by atoms with E-state index >= 15 is 0 Å². The van der Waals surface area contributed by atoms with Crippen molar-refractivity contribution in [2.45, 2.75) is 19.9 Å². The lowest BCUT2D eigenvalue weighted by atomic mass is 10.2. The largest absolute Gasteiger partial charge is 0.491 e. The molecule has 0 heterocycles. The highest BCUT2D eigenvalue weighted by molar-refractivity contribution is 9.10. The second-order valence-electron chi connectivity index (χ2n) is 4.69. The summed E-state index contributed by atoms with van der Waals surface area (Å²) in [7, 11) is 0. The molecule has 0 saturated heterocycles. The van der Waals surface area contributed by atoms with Crippen molar-refractivity contribution >= 4 is 27.3 Å². The Labute approximate surface area is 132 Å². The molecule has 0 saturated carbocycles. The van der Waals surface area contributed by atoms with E-state index in [9.17, 15) is 4.39 Å². The van der Waals surface area contributed by atoms with Crippen molar-refractivity contribution in [2.75, 3.05) is 17.7 Å².